The van der Waals surface area contributed by atoms with E-state index in [-0.39, 0.29) is 5.76 Å². The van der Waals surface area contributed by atoms with E-state index in [1.807, 2.05) is 30.3 Å². The number of benzene rings is 2. The molecule has 0 spiro atoms. The number of ether oxygens (including phenoxy) is 1. The fourth-order valence-corrected chi connectivity index (χ4v) is 1.88. The van der Waals surface area contributed by atoms with Gasteiger partial charge >= 0.3 is 12.1 Å². The minimum atomic E-state index is -4.83. The molecule has 0 bridgehead atoms. The molecule has 0 aliphatic carbocycles. The van der Waals surface area contributed by atoms with Crippen LogP contribution in [0.5, 0.6) is 0 Å². The summed E-state index contributed by atoms with van der Waals surface area (Å²) in [5.74, 6) is -1.53. The maximum Gasteiger partial charge on any atom is 0.422 e. The maximum atomic E-state index is 12.6. The number of allylic oxidation sites excluding steroid dienone is 2. The summed E-state index contributed by atoms with van der Waals surface area (Å²) < 4.78 is 42.7. The van der Waals surface area contributed by atoms with Crippen molar-refractivity contribution in [1.29, 1.82) is 0 Å². The van der Waals surface area contributed by atoms with E-state index >= 15 is 0 Å². The van der Waals surface area contributed by atoms with Crippen LogP contribution in [0.1, 0.15) is 11.1 Å². The van der Waals surface area contributed by atoms with Crippen LogP contribution in [-0.4, -0.2) is 12.1 Å². The lowest BCUT2D eigenvalue weighted by Gasteiger charge is -2.12. The van der Waals surface area contributed by atoms with E-state index in [4.69, 9.17) is 4.74 Å². The summed E-state index contributed by atoms with van der Waals surface area (Å²) in [4.78, 5) is 11.7. The lowest BCUT2D eigenvalue weighted by Crippen LogP contribution is -2.20. The Bertz CT molecular complexity index is 789. The predicted molar refractivity (Wildman–Crippen MR) is 91.2 cm³/mol. The van der Waals surface area contributed by atoms with Gasteiger partial charge in [-0.3, -0.25) is 0 Å². The zero-order chi connectivity index (χ0) is 18.3. The number of carbonyl (C=O) groups excluding carboxylic acids is 1. The highest BCUT2D eigenvalue weighted by Crippen LogP contribution is 2.27. The van der Waals surface area contributed by atoms with E-state index in [0.717, 1.165) is 5.56 Å². The Kier molecular flexibility index (Phi) is 5.95. The number of hydrogen-bond acceptors (Lipinski definition) is 2. The van der Waals surface area contributed by atoms with Crippen molar-refractivity contribution in [2.45, 2.75) is 6.18 Å². The molecular weight excluding hydrogens is 329 g/mol. The van der Waals surface area contributed by atoms with Gasteiger partial charge in [-0.05, 0) is 11.6 Å². The Morgan fingerprint density at radius 3 is 2.08 bits per heavy atom. The molecule has 0 saturated carbocycles. The van der Waals surface area contributed by atoms with Gasteiger partial charge in [0, 0.05) is 5.56 Å². The van der Waals surface area contributed by atoms with Gasteiger partial charge in [-0.2, -0.15) is 13.2 Å². The van der Waals surface area contributed by atoms with E-state index in [2.05, 4.69) is 6.58 Å². The SMILES string of the molecule is C=C(C(=O)O/C(=C/C=C/c1ccccc1)c1ccccc1)C(F)(F)F. The zero-order valence-electron chi connectivity index (χ0n) is 13.2. The molecule has 0 atom stereocenters. The highest BCUT2D eigenvalue weighted by molar-refractivity contribution is 5.93. The van der Waals surface area contributed by atoms with E-state index in [1.54, 1.807) is 42.5 Å². The molecule has 0 aliphatic rings. The summed E-state index contributed by atoms with van der Waals surface area (Å²) >= 11 is 0. The summed E-state index contributed by atoms with van der Waals surface area (Å²) in [5.41, 5.74) is -0.179. The van der Waals surface area contributed by atoms with Crippen molar-refractivity contribution in [3.8, 4) is 0 Å². The third-order valence-corrected chi connectivity index (χ3v) is 3.19. The summed E-state index contributed by atoms with van der Waals surface area (Å²) in [6.45, 7) is 2.76. The summed E-state index contributed by atoms with van der Waals surface area (Å²) in [6.07, 6.45) is -0.0563. The largest absolute Gasteiger partial charge is 0.422 e. The van der Waals surface area contributed by atoms with Crippen LogP contribution in [0.15, 0.2) is 85.0 Å². The highest BCUT2D eigenvalue weighted by Gasteiger charge is 2.38. The third-order valence-electron chi connectivity index (χ3n) is 3.19. The molecule has 0 aromatic heterocycles. The van der Waals surface area contributed by atoms with Crippen molar-refractivity contribution < 1.29 is 22.7 Å². The Morgan fingerprint density at radius 1 is 0.960 bits per heavy atom. The molecule has 0 fully saturated rings. The smallest absolute Gasteiger partial charge is 0.422 e. The van der Waals surface area contributed by atoms with Crippen LogP contribution < -0.4 is 0 Å². The number of hydrogen-bond donors (Lipinski definition) is 0. The summed E-state index contributed by atoms with van der Waals surface area (Å²) in [5, 5.41) is 0. The molecule has 128 valence electrons. The fourth-order valence-electron chi connectivity index (χ4n) is 1.88. The van der Waals surface area contributed by atoms with Crippen molar-refractivity contribution in [3.63, 3.8) is 0 Å². The molecular formula is C20H15F3O2. The topological polar surface area (TPSA) is 26.3 Å². The normalized spacial score (nSPS) is 12.2. The lowest BCUT2D eigenvalue weighted by atomic mass is 10.1. The van der Waals surface area contributed by atoms with Gasteiger partial charge in [0.05, 0.1) is 0 Å². The van der Waals surface area contributed by atoms with Crippen LogP contribution in [0.4, 0.5) is 13.2 Å². The second-order valence-electron chi connectivity index (χ2n) is 5.03. The maximum absolute atomic E-state index is 12.6. The Balaban J connectivity index is 2.25. The monoisotopic (exact) mass is 344 g/mol. The average Bonchev–Trinajstić information content (AvgIpc) is 2.61. The van der Waals surface area contributed by atoms with Crippen LogP contribution in [0.25, 0.3) is 11.8 Å². The number of halogens is 3. The second-order valence-corrected chi connectivity index (χ2v) is 5.03. The molecule has 2 aromatic carbocycles. The molecule has 0 aliphatic heterocycles. The molecule has 2 aromatic rings. The zero-order valence-corrected chi connectivity index (χ0v) is 13.2. The molecule has 25 heavy (non-hydrogen) atoms. The Morgan fingerprint density at radius 2 is 1.52 bits per heavy atom. The summed E-state index contributed by atoms with van der Waals surface area (Å²) in [7, 11) is 0. The molecule has 0 heterocycles. The van der Waals surface area contributed by atoms with Gasteiger partial charge in [0.2, 0.25) is 0 Å². The molecule has 2 nitrogen and oxygen atoms in total. The summed E-state index contributed by atoms with van der Waals surface area (Å²) in [6, 6.07) is 17.7. The standard InChI is InChI=1S/C20H15F3O2/c1-15(20(21,22)23)19(24)25-18(17-12-6-3-7-13-17)14-8-11-16-9-4-2-5-10-16/h2-14H,1H2/b11-8+,18-14+. The number of esters is 1. The van der Waals surface area contributed by atoms with Crippen LogP contribution in [0.3, 0.4) is 0 Å². The van der Waals surface area contributed by atoms with Crippen molar-refractivity contribution >= 4 is 17.8 Å². The van der Waals surface area contributed by atoms with Crippen molar-refractivity contribution in [2.24, 2.45) is 0 Å². The van der Waals surface area contributed by atoms with Gasteiger partial charge in [0.25, 0.3) is 0 Å². The first-order valence-corrected chi connectivity index (χ1v) is 7.35. The minimum absolute atomic E-state index is 0.00295. The van der Waals surface area contributed by atoms with E-state index < -0.39 is 17.7 Å². The van der Waals surface area contributed by atoms with Crippen molar-refractivity contribution in [3.05, 3.63) is 96.1 Å². The van der Waals surface area contributed by atoms with E-state index in [0.29, 0.717) is 5.56 Å². The first kappa shape index (κ1) is 18.3. The van der Waals surface area contributed by atoms with Crippen LogP contribution in [0.2, 0.25) is 0 Å². The van der Waals surface area contributed by atoms with E-state index in [9.17, 15) is 18.0 Å². The number of rotatable bonds is 5. The molecule has 0 unspecified atom stereocenters. The van der Waals surface area contributed by atoms with Gasteiger partial charge in [-0.25, -0.2) is 4.79 Å². The first-order chi connectivity index (χ1) is 11.9. The van der Waals surface area contributed by atoms with Gasteiger partial charge in [-0.1, -0.05) is 79.4 Å². The molecule has 0 saturated heterocycles. The van der Waals surface area contributed by atoms with Gasteiger partial charge in [0.1, 0.15) is 11.3 Å². The van der Waals surface area contributed by atoms with Crippen LogP contribution >= 0.6 is 0 Å². The van der Waals surface area contributed by atoms with Crippen molar-refractivity contribution in [2.75, 3.05) is 0 Å². The highest BCUT2D eigenvalue weighted by atomic mass is 19.4. The molecule has 5 heteroatoms. The van der Waals surface area contributed by atoms with Crippen LogP contribution in [0, 0.1) is 0 Å². The fraction of sp³-hybridized carbons (Fsp3) is 0.0500. The van der Waals surface area contributed by atoms with Crippen molar-refractivity contribution in [1.82, 2.24) is 0 Å². The molecule has 0 radical (unpaired) electrons. The second kappa shape index (κ2) is 8.15. The quantitative estimate of drug-likeness (QED) is 0.314. The molecule has 0 amide bonds. The average molecular weight is 344 g/mol. The van der Waals surface area contributed by atoms with Crippen LogP contribution in [-0.2, 0) is 9.53 Å². The van der Waals surface area contributed by atoms with Gasteiger partial charge in [0.15, 0.2) is 0 Å². The van der Waals surface area contributed by atoms with E-state index in [1.165, 1.54) is 6.08 Å². The minimum Gasteiger partial charge on any atom is -0.422 e. The molecule has 2 rings (SSSR count). The Labute approximate surface area is 143 Å². The molecule has 0 N–H and O–H groups in total. The first-order valence-electron chi connectivity index (χ1n) is 7.35. The van der Waals surface area contributed by atoms with Gasteiger partial charge in [-0.15, -0.1) is 0 Å². The number of carbonyl (C=O) groups is 1. The number of alkyl halides is 3. The Hall–Kier alpha value is -3.08. The third kappa shape index (κ3) is 5.49. The lowest BCUT2D eigenvalue weighted by molar-refractivity contribution is -0.144. The predicted octanol–water partition coefficient (Wildman–Crippen LogP) is 5.40. The van der Waals surface area contributed by atoms with Gasteiger partial charge < -0.3 is 4.74 Å².